The molecule has 0 saturated heterocycles. The molecule has 18 heavy (non-hydrogen) atoms. The van der Waals surface area contributed by atoms with Gasteiger partial charge in [0.15, 0.2) is 0 Å². The Balaban J connectivity index is 1.97. The van der Waals surface area contributed by atoms with Crippen LogP contribution >= 0.6 is 0 Å². The molecule has 0 unspecified atom stereocenters. The predicted octanol–water partition coefficient (Wildman–Crippen LogP) is 2.70. The number of cyclic esters (lactones) is 1. The van der Waals surface area contributed by atoms with E-state index in [4.69, 9.17) is 9.47 Å². The third-order valence-corrected chi connectivity index (χ3v) is 2.90. The van der Waals surface area contributed by atoms with Gasteiger partial charge in [0.25, 0.3) is 0 Å². The van der Waals surface area contributed by atoms with Crippen LogP contribution in [0.25, 0.3) is 0 Å². The minimum atomic E-state index is -0.340. The van der Waals surface area contributed by atoms with Gasteiger partial charge in [-0.1, -0.05) is 19.8 Å². The molecule has 4 nitrogen and oxygen atoms in total. The van der Waals surface area contributed by atoms with Gasteiger partial charge in [-0.05, 0) is 24.6 Å². The van der Waals surface area contributed by atoms with Crippen molar-refractivity contribution >= 4 is 11.9 Å². The standard InChI is InChI=1S/C14H16O4/c1-2-3-4-7-17-13(15)10-5-6-12-11(8-10)9-18-14(12)16/h5-6,8H,2-4,7,9H2,1H3. The summed E-state index contributed by atoms with van der Waals surface area (Å²) in [5.74, 6) is -0.666. The zero-order valence-corrected chi connectivity index (χ0v) is 10.4. The summed E-state index contributed by atoms with van der Waals surface area (Å²) in [6.07, 6.45) is 3.03. The molecule has 0 saturated carbocycles. The Morgan fingerprint density at radius 1 is 1.39 bits per heavy atom. The first-order chi connectivity index (χ1) is 8.72. The van der Waals surface area contributed by atoms with E-state index in [-0.39, 0.29) is 18.5 Å². The zero-order valence-electron chi connectivity index (χ0n) is 10.4. The number of carbonyl (C=O) groups excluding carboxylic acids is 2. The molecule has 2 rings (SSSR count). The Hall–Kier alpha value is -1.84. The van der Waals surface area contributed by atoms with Gasteiger partial charge in [-0.2, -0.15) is 0 Å². The normalized spacial score (nSPS) is 13.1. The highest BCUT2D eigenvalue weighted by atomic mass is 16.5. The molecule has 0 aliphatic carbocycles. The zero-order chi connectivity index (χ0) is 13.0. The summed E-state index contributed by atoms with van der Waals surface area (Å²) in [5, 5.41) is 0. The summed E-state index contributed by atoms with van der Waals surface area (Å²) in [5.41, 5.74) is 1.77. The largest absolute Gasteiger partial charge is 0.462 e. The van der Waals surface area contributed by atoms with E-state index in [0.717, 1.165) is 24.8 Å². The van der Waals surface area contributed by atoms with Gasteiger partial charge in [0.1, 0.15) is 6.61 Å². The molecule has 0 bridgehead atoms. The van der Waals surface area contributed by atoms with Crippen molar-refractivity contribution in [2.75, 3.05) is 6.61 Å². The SMILES string of the molecule is CCCCCOC(=O)c1ccc2c(c1)COC2=O. The maximum atomic E-state index is 11.7. The third-order valence-electron chi connectivity index (χ3n) is 2.90. The first kappa shape index (κ1) is 12.6. The van der Waals surface area contributed by atoms with Crippen LogP contribution in [0.2, 0.25) is 0 Å². The van der Waals surface area contributed by atoms with Crippen LogP contribution in [0.3, 0.4) is 0 Å². The van der Waals surface area contributed by atoms with Crippen molar-refractivity contribution in [3.63, 3.8) is 0 Å². The number of hydrogen-bond donors (Lipinski definition) is 0. The summed E-state index contributed by atoms with van der Waals surface area (Å²) < 4.78 is 10.0. The van der Waals surface area contributed by atoms with Gasteiger partial charge in [-0.15, -0.1) is 0 Å². The molecule has 1 aliphatic rings. The minimum Gasteiger partial charge on any atom is -0.462 e. The molecular weight excluding hydrogens is 232 g/mol. The van der Waals surface area contributed by atoms with Gasteiger partial charge in [-0.3, -0.25) is 0 Å². The lowest BCUT2D eigenvalue weighted by Crippen LogP contribution is -2.07. The highest BCUT2D eigenvalue weighted by Gasteiger charge is 2.22. The van der Waals surface area contributed by atoms with E-state index in [1.807, 2.05) is 0 Å². The van der Waals surface area contributed by atoms with Crippen LogP contribution in [0.5, 0.6) is 0 Å². The van der Waals surface area contributed by atoms with Crippen molar-refractivity contribution in [2.45, 2.75) is 32.8 Å². The second kappa shape index (κ2) is 5.67. The van der Waals surface area contributed by atoms with Crippen molar-refractivity contribution in [1.29, 1.82) is 0 Å². The van der Waals surface area contributed by atoms with Crippen molar-refractivity contribution < 1.29 is 19.1 Å². The molecule has 0 atom stereocenters. The molecule has 1 aromatic rings. The summed E-state index contributed by atoms with van der Waals surface area (Å²) in [7, 11) is 0. The van der Waals surface area contributed by atoms with Crippen molar-refractivity contribution in [2.24, 2.45) is 0 Å². The highest BCUT2D eigenvalue weighted by molar-refractivity contribution is 5.96. The van der Waals surface area contributed by atoms with Gasteiger partial charge in [0, 0.05) is 5.56 Å². The van der Waals surface area contributed by atoms with E-state index in [1.165, 1.54) is 0 Å². The number of carbonyl (C=O) groups is 2. The first-order valence-electron chi connectivity index (χ1n) is 6.19. The Bertz CT molecular complexity index is 465. The quantitative estimate of drug-likeness (QED) is 0.594. The van der Waals surface area contributed by atoms with E-state index in [9.17, 15) is 9.59 Å². The van der Waals surface area contributed by atoms with Gasteiger partial charge >= 0.3 is 11.9 Å². The Labute approximate surface area is 106 Å². The smallest absolute Gasteiger partial charge is 0.338 e. The van der Waals surface area contributed by atoms with E-state index in [2.05, 4.69) is 6.92 Å². The number of rotatable bonds is 5. The summed E-state index contributed by atoms with van der Waals surface area (Å²) >= 11 is 0. The molecule has 1 aliphatic heterocycles. The summed E-state index contributed by atoms with van der Waals surface area (Å²) in [6, 6.07) is 4.89. The van der Waals surface area contributed by atoms with Gasteiger partial charge < -0.3 is 9.47 Å². The second-order valence-corrected chi connectivity index (χ2v) is 4.29. The van der Waals surface area contributed by atoms with Crippen LogP contribution in [0.1, 0.15) is 52.5 Å². The Morgan fingerprint density at radius 2 is 2.22 bits per heavy atom. The van der Waals surface area contributed by atoms with Crippen molar-refractivity contribution in [1.82, 2.24) is 0 Å². The number of hydrogen-bond acceptors (Lipinski definition) is 4. The van der Waals surface area contributed by atoms with Crippen molar-refractivity contribution in [3.8, 4) is 0 Å². The molecule has 1 heterocycles. The van der Waals surface area contributed by atoms with Crippen LogP contribution in [0.15, 0.2) is 18.2 Å². The van der Waals surface area contributed by atoms with Crippen LogP contribution < -0.4 is 0 Å². The molecule has 96 valence electrons. The number of fused-ring (bicyclic) bond motifs is 1. The van der Waals surface area contributed by atoms with Gasteiger partial charge in [-0.25, -0.2) is 9.59 Å². The van der Waals surface area contributed by atoms with Gasteiger partial charge in [0.2, 0.25) is 0 Å². The Morgan fingerprint density at radius 3 is 3.00 bits per heavy atom. The lowest BCUT2D eigenvalue weighted by molar-refractivity contribution is 0.0497. The lowest BCUT2D eigenvalue weighted by atomic mass is 10.1. The van der Waals surface area contributed by atoms with Crippen LogP contribution in [-0.2, 0) is 16.1 Å². The van der Waals surface area contributed by atoms with Crippen LogP contribution in [0.4, 0.5) is 0 Å². The lowest BCUT2D eigenvalue weighted by Gasteiger charge is -2.05. The number of benzene rings is 1. The first-order valence-corrected chi connectivity index (χ1v) is 6.19. The molecular formula is C14H16O4. The molecule has 0 radical (unpaired) electrons. The minimum absolute atomic E-state index is 0.241. The van der Waals surface area contributed by atoms with E-state index in [0.29, 0.717) is 17.7 Å². The topological polar surface area (TPSA) is 52.6 Å². The molecule has 0 amide bonds. The molecule has 0 aromatic heterocycles. The molecule has 4 heteroatoms. The fourth-order valence-electron chi connectivity index (χ4n) is 1.86. The maximum absolute atomic E-state index is 11.7. The molecule has 0 N–H and O–H groups in total. The van der Waals surface area contributed by atoms with E-state index in [1.54, 1.807) is 18.2 Å². The average molecular weight is 248 g/mol. The molecule has 0 spiro atoms. The highest BCUT2D eigenvalue weighted by Crippen LogP contribution is 2.21. The second-order valence-electron chi connectivity index (χ2n) is 4.29. The number of unbranched alkanes of at least 4 members (excludes halogenated alkanes) is 2. The fraction of sp³-hybridized carbons (Fsp3) is 0.429. The van der Waals surface area contributed by atoms with E-state index >= 15 is 0 Å². The molecule has 0 fully saturated rings. The van der Waals surface area contributed by atoms with Gasteiger partial charge in [0.05, 0.1) is 17.7 Å². The summed E-state index contributed by atoms with van der Waals surface area (Å²) in [6.45, 7) is 2.78. The average Bonchev–Trinajstić information content (AvgIpc) is 2.76. The van der Waals surface area contributed by atoms with Crippen LogP contribution in [-0.4, -0.2) is 18.5 Å². The maximum Gasteiger partial charge on any atom is 0.338 e. The monoisotopic (exact) mass is 248 g/mol. The van der Waals surface area contributed by atoms with Crippen molar-refractivity contribution in [3.05, 3.63) is 34.9 Å². The molecule has 1 aromatic carbocycles. The number of ether oxygens (including phenoxy) is 2. The fourth-order valence-corrected chi connectivity index (χ4v) is 1.86. The number of esters is 2. The van der Waals surface area contributed by atoms with Crippen LogP contribution in [0, 0.1) is 0 Å². The van der Waals surface area contributed by atoms with E-state index < -0.39 is 0 Å². The summed E-state index contributed by atoms with van der Waals surface area (Å²) in [4.78, 5) is 23.0. The Kier molecular flexibility index (Phi) is 3.97. The predicted molar refractivity (Wildman–Crippen MR) is 65.4 cm³/mol. The third kappa shape index (κ3) is 2.70.